The van der Waals surface area contributed by atoms with Gasteiger partial charge in [0, 0.05) is 49.4 Å². The van der Waals surface area contributed by atoms with Gasteiger partial charge in [-0.3, -0.25) is 0 Å². The number of hydrogen-bond acceptors (Lipinski definition) is 2. The van der Waals surface area contributed by atoms with Gasteiger partial charge in [0.15, 0.2) is 0 Å². The summed E-state index contributed by atoms with van der Waals surface area (Å²) in [7, 11) is 0. The van der Waals surface area contributed by atoms with Crippen molar-refractivity contribution in [3.05, 3.63) is 498 Å². The van der Waals surface area contributed by atoms with Crippen LogP contribution < -0.4 is 9.80 Å². The minimum atomic E-state index is -0.252. The number of fused-ring (bicyclic) bond motifs is 14. The number of anilines is 6. The Balaban J connectivity index is 0.000000129. The Morgan fingerprint density at radius 1 is 0.229 bits per heavy atom. The van der Waals surface area contributed by atoms with Crippen LogP contribution in [-0.4, -0.2) is 0 Å². The summed E-state index contributed by atoms with van der Waals surface area (Å²) in [5.41, 5.74) is 30.0. The van der Waals surface area contributed by atoms with Gasteiger partial charge in [0.2, 0.25) is 0 Å². The first-order chi connectivity index (χ1) is 64.1. The number of hydrogen-bond donors (Lipinski definition) is 0. The van der Waals surface area contributed by atoms with Crippen LogP contribution in [0.5, 0.6) is 0 Å². The lowest BCUT2D eigenvalue weighted by atomic mass is 9.80. The third-order valence-electron chi connectivity index (χ3n) is 27.1. The second-order valence-electron chi connectivity index (χ2n) is 35.4. The molecule has 0 unspecified atom stereocenters. The van der Waals surface area contributed by atoms with E-state index in [2.05, 4.69) is 424 Å². The Hall–Kier alpha value is -15.7. The summed E-state index contributed by atoms with van der Waals surface area (Å²) in [6, 6.07) is 154. The summed E-state index contributed by atoms with van der Waals surface area (Å²) in [6.07, 6.45) is 6.35. The van der Waals surface area contributed by atoms with E-state index in [0.717, 1.165) is 49.5 Å². The Labute approximate surface area is 771 Å². The van der Waals surface area contributed by atoms with Crippen molar-refractivity contribution in [2.75, 3.05) is 9.80 Å². The number of halogens is 3. The van der Waals surface area contributed by atoms with Crippen LogP contribution in [0, 0.1) is 11.6 Å². The molecule has 131 heavy (non-hydrogen) atoms. The van der Waals surface area contributed by atoms with Gasteiger partial charge in [-0.1, -0.05) is 384 Å². The van der Waals surface area contributed by atoms with Gasteiger partial charge in [-0.15, -0.1) is 0 Å². The van der Waals surface area contributed by atoms with Crippen molar-refractivity contribution in [1.29, 1.82) is 0 Å². The van der Waals surface area contributed by atoms with Crippen LogP contribution in [0.4, 0.5) is 42.9 Å². The molecule has 0 atom stereocenters. The van der Waals surface area contributed by atoms with E-state index in [1.165, 1.54) is 205 Å². The van der Waals surface area contributed by atoms with Gasteiger partial charge in [0.1, 0.15) is 11.6 Å². The van der Waals surface area contributed by atoms with E-state index in [0.29, 0.717) is 0 Å². The molecule has 0 fully saturated rings. The van der Waals surface area contributed by atoms with Crippen molar-refractivity contribution in [2.45, 2.75) is 38.5 Å². The monoisotopic (exact) mass is 1750 g/mol. The SMILES string of the molecule is C=Cc1ccc2c(c1)C(C)(C)c1cc(-c3c4ccccc4c(-c4cccc5ccccc45)c4ccccc34)ccc1-2.CC1(C)c2cc(/C=C/c3ccc(N(c4ccc(F)cc4)c4ccc5ccccc5c4)cc3)ccc2-c2ccc(-c3c4ccccc4c(-c4cccc5ccccc45)c4ccccc34)cc21.Fc1ccc(N(c2ccc(Br)cc2)c2ccc3ccccc3c2)cc1. The van der Waals surface area contributed by atoms with E-state index in [9.17, 15) is 8.78 Å². The minimum absolute atomic E-state index is 0.0891. The fourth-order valence-electron chi connectivity index (χ4n) is 20.6. The van der Waals surface area contributed by atoms with Gasteiger partial charge in [0.05, 0.1) is 0 Å². The van der Waals surface area contributed by atoms with Crippen LogP contribution >= 0.6 is 15.9 Å². The standard InChI is InChI=1S/C63H44FN.C41H30.C22H15BrFN/c1-63(2)59-38-42(23-22-41-24-31-48(32-25-41)65(49-34-29-47(64)30-35-49)50-33-27-43-12-3-4-14-45(43)39-50)26-36-52(59)53-37-28-46(40-60(53)63)61-55-17-7-9-19-57(55)62(58-20-10-8-18-56(58)61)54-21-11-15-44-13-5-6-16-51(44)54;1-4-26-20-22-30-31-23-21-28(25-38(31)41(2,3)37(30)24-26)39-33-15-7-9-17-35(33)40(36-18-10-8-16-34(36)39)32-19-11-13-27-12-5-6-14-29(27)32;23-18-6-11-20(12-7-18)25(21-13-8-19(24)9-14-21)22-10-5-16-3-1-2-4-17(16)15-22/h3-40H,1-2H3;4-25H,1H2,2-3H3;1-15H/b23-22+;;. The summed E-state index contributed by atoms with van der Waals surface area (Å²) < 4.78 is 28.5. The van der Waals surface area contributed by atoms with Crippen LogP contribution in [0.25, 0.3) is 171 Å². The van der Waals surface area contributed by atoms with Gasteiger partial charge in [-0.2, -0.15) is 0 Å². The van der Waals surface area contributed by atoms with E-state index in [4.69, 9.17) is 0 Å². The van der Waals surface area contributed by atoms with Crippen molar-refractivity contribution in [3.8, 4) is 66.8 Å². The highest BCUT2D eigenvalue weighted by Crippen LogP contribution is 2.56. The Kier molecular flexibility index (Phi) is 20.8. The fraction of sp³-hybridized carbons (Fsp3) is 0.0476. The highest BCUT2D eigenvalue weighted by Gasteiger charge is 2.38. The molecule has 624 valence electrons. The van der Waals surface area contributed by atoms with Crippen molar-refractivity contribution in [1.82, 2.24) is 0 Å². The van der Waals surface area contributed by atoms with E-state index >= 15 is 0 Å². The van der Waals surface area contributed by atoms with Gasteiger partial charge < -0.3 is 9.80 Å². The lowest BCUT2D eigenvalue weighted by molar-refractivity contribution is 0.627. The molecule has 5 heteroatoms. The number of nitrogens with zero attached hydrogens (tertiary/aromatic N) is 2. The first-order valence-corrected chi connectivity index (χ1v) is 45.6. The molecule has 0 aliphatic heterocycles. The maximum atomic E-state index is 14.1. The Morgan fingerprint density at radius 3 is 0.901 bits per heavy atom. The van der Waals surface area contributed by atoms with E-state index in [1.54, 1.807) is 12.1 Å². The average Bonchev–Trinajstić information content (AvgIpc) is 1.43. The summed E-state index contributed by atoms with van der Waals surface area (Å²) in [5, 5.41) is 20.0. The third-order valence-corrected chi connectivity index (χ3v) is 27.6. The van der Waals surface area contributed by atoms with E-state index < -0.39 is 0 Å². The molecule has 24 rings (SSSR count). The molecule has 2 aliphatic rings. The zero-order valence-electron chi connectivity index (χ0n) is 73.0. The predicted octanol–water partition coefficient (Wildman–Crippen LogP) is 36.4. The van der Waals surface area contributed by atoms with Crippen LogP contribution in [0.15, 0.2) is 448 Å². The van der Waals surface area contributed by atoms with Crippen molar-refractivity contribution in [2.24, 2.45) is 0 Å². The molecule has 0 aromatic heterocycles. The number of benzene rings is 22. The average molecular weight is 1750 g/mol. The summed E-state index contributed by atoms with van der Waals surface area (Å²) in [5.74, 6) is -0.490. The second kappa shape index (κ2) is 33.5. The first kappa shape index (κ1) is 81.1. The molecule has 2 nitrogen and oxygen atoms in total. The highest BCUT2D eigenvalue weighted by molar-refractivity contribution is 9.10. The lowest BCUT2D eigenvalue weighted by Crippen LogP contribution is -2.15. The summed E-state index contributed by atoms with van der Waals surface area (Å²) in [4.78, 5) is 4.30. The molecule has 0 saturated heterocycles. The maximum Gasteiger partial charge on any atom is 0.123 e. The third kappa shape index (κ3) is 14.7. The zero-order chi connectivity index (χ0) is 88.6. The topological polar surface area (TPSA) is 6.48 Å². The van der Waals surface area contributed by atoms with Gasteiger partial charge >= 0.3 is 0 Å². The van der Waals surface area contributed by atoms with Crippen molar-refractivity contribution in [3.63, 3.8) is 0 Å². The second-order valence-corrected chi connectivity index (χ2v) is 36.3. The van der Waals surface area contributed by atoms with Crippen LogP contribution in [0.1, 0.15) is 66.6 Å². The van der Waals surface area contributed by atoms with Crippen LogP contribution in [0.2, 0.25) is 0 Å². The summed E-state index contributed by atoms with van der Waals surface area (Å²) >= 11 is 3.48. The van der Waals surface area contributed by atoms with Crippen LogP contribution in [-0.2, 0) is 10.8 Å². The summed E-state index contributed by atoms with van der Waals surface area (Å²) in [6.45, 7) is 13.5. The molecule has 2 aliphatic carbocycles. The molecule has 0 amide bonds. The van der Waals surface area contributed by atoms with Crippen molar-refractivity contribution >= 4 is 154 Å². The minimum Gasteiger partial charge on any atom is -0.310 e. The Bertz CT molecular complexity index is 8160. The Morgan fingerprint density at radius 2 is 0.511 bits per heavy atom. The molecule has 0 heterocycles. The zero-order valence-corrected chi connectivity index (χ0v) is 74.6. The highest BCUT2D eigenvalue weighted by atomic mass is 79.9. The smallest absolute Gasteiger partial charge is 0.123 e. The van der Waals surface area contributed by atoms with Gasteiger partial charge in [-0.05, 0) is 313 Å². The van der Waals surface area contributed by atoms with Crippen molar-refractivity contribution < 1.29 is 8.78 Å². The molecule has 0 radical (unpaired) electrons. The van der Waals surface area contributed by atoms with Crippen LogP contribution in [0.3, 0.4) is 0 Å². The normalized spacial score (nSPS) is 12.7. The van der Waals surface area contributed by atoms with E-state index in [-0.39, 0.29) is 22.5 Å². The van der Waals surface area contributed by atoms with E-state index in [1.807, 2.05) is 54.6 Å². The maximum absolute atomic E-state index is 14.1. The van der Waals surface area contributed by atoms with Gasteiger partial charge in [-0.25, -0.2) is 8.78 Å². The molecular weight excluding hydrogens is 1660 g/mol. The van der Waals surface area contributed by atoms with Gasteiger partial charge in [0.25, 0.3) is 0 Å². The lowest BCUT2D eigenvalue weighted by Gasteiger charge is -2.26. The molecule has 0 saturated carbocycles. The molecule has 0 N–H and O–H groups in total. The quantitative estimate of drug-likeness (QED) is 0.0838. The fourth-order valence-corrected chi connectivity index (χ4v) is 20.9. The molecule has 22 aromatic carbocycles. The number of rotatable bonds is 13. The predicted molar refractivity (Wildman–Crippen MR) is 559 cm³/mol. The molecular formula is C126H89BrF2N2. The first-order valence-electron chi connectivity index (χ1n) is 44.8. The largest absolute Gasteiger partial charge is 0.310 e. The molecule has 0 spiro atoms. The molecule has 22 aromatic rings. The molecule has 0 bridgehead atoms.